The van der Waals surface area contributed by atoms with Gasteiger partial charge < -0.3 is 19.9 Å². The number of para-hydroxylation sites is 1. The van der Waals surface area contributed by atoms with Gasteiger partial charge in [0.05, 0.1) is 7.11 Å². The van der Waals surface area contributed by atoms with Crippen LogP contribution < -0.4 is 14.8 Å². The smallest absolute Gasteiger partial charge is 0.165 e. The molecule has 130 valence electrons. The van der Waals surface area contributed by atoms with Crippen molar-refractivity contribution in [2.24, 2.45) is 0 Å². The van der Waals surface area contributed by atoms with E-state index >= 15 is 0 Å². The van der Waals surface area contributed by atoms with E-state index < -0.39 is 11.9 Å². The Bertz CT molecular complexity index is 663. The molecule has 2 unspecified atom stereocenters. The van der Waals surface area contributed by atoms with Crippen LogP contribution in [0.15, 0.2) is 42.5 Å². The van der Waals surface area contributed by atoms with E-state index in [2.05, 4.69) is 5.32 Å². The molecule has 2 atom stereocenters. The quantitative estimate of drug-likeness (QED) is 0.779. The summed E-state index contributed by atoms with van der Waals surface area (Å²) in [6.07, 6.45) is -0.657. The van der Waals surface area contributed by atoms with Gasteiger partial charge in [0.1, 0.15) is 18.5 Å². The first-order chi connectivity index (χ1) is 11.5. The Morgan fingerprint density at radius 2 is 1.92 bits per heavy atom. The van der Waals surface area contributed by atoms with Crippen LogP contribution in [0.1, 0.15) is 24.1 Å². The van der Waals surface area contributed by atoms with Gasteiger partial charge in [-0.1, -0.05) is 24.3 Å². The van der Waals surface area contributed by atoms with Crippen molar-refractivity contribution in [3.63, 3.8) is 0 Å². The molecule has 2 aromatic rings. The highest BCUT2D eigenvalue weighted by Crippen LogP contribution is 2.21. The lowest BCUT2D eigenvalue weighted by Gasteiger charge is -2.19. The summed E-state index contributed by atoms with van der Waals surface area (Å²) >= 11 is 0. The van der Waals surface area contributed by atoms with E-state index in [0.717, 1.165) is 16.9 Å². The van der Waals surface area contributed by atoms with Crippen LogP contribution >= 0.6 is 0 Å². The van der Waals surface area contributed by atoms with Crippen LogP contribution in [0.25, 0.3) is 0 Å². The summed E-state index contributed by atoms with van der Waals surface area (Å²) in [5.74, 6) is 0.589. The Kier molecular flexibility index (Phi) is 6.58. The molecule has 0 aliphatic rings. The molecule has 0 aliphatic heterocycles. The van der Waals surface area contributed by atoms with Crippen molar-refractivity contribution in [2.75, 3.05) is 20.3 Å². The van der Waals surface area contributed by atoms with E-state index in [1.54, 1.807) is 12.1 Å². The van der Waals surface area contributed by atoms with Crippen LogP contribution in [0, 0.1) is 12.7 Å². The standard InChI is InChI=1S/C19H24FNO3/c1-13-6-4-5-7-18(13)24-12-16(22)11-21-14(2)15-8-9-19(23-3)17(20)10-15/h4-10,14,16,21-22H,11-12H2,1-3H3. The average Bonchev–Trinajstić information content (AvgIpc) is 2.58. The van der Waals surface area contributed by atoms with Crippen LogP contribution in [0.4, 0.5) is 4.39 Å². The predicted octanol–water partition coefficient (Wildman–Crippen LogP) is 3.23. The van der Waals surface area contributed by atoms with Crippen LogP contribution in [-0.4, -0.2) is 31.5 Å². The molecule has 5 heteroatoms. The lowest BCUT2D eigenvalue weighted by Crippen LogP contribution is -2.33. The Hall–Kier alpha value is -2.11. The summed E-state index contributed by atoms with van der Waals surface area (Å²) in [4.78, 5) is 0. The second-order valence-corrected chi connectivity index (χ2v) is 5.75. The van der Waals surface area contributed by atoms with Gasteiger partial charge in [-0.25, -0.2) is 4.39 Å². The van der Waals surface area contributed by atoms with E-state index in [0.29, 0.717) is 6.54 Å². The molecule has 2 rings (SSSR count). The van der Waals surface area contributed by atoms with Crippen molar-refractivity contribution in [3.8, 4) is 11.5 Å². The molecule has 0 bridgehead atoms. The number of hydrogen-bond acceptors (Lipinski definition) is 4. The van der Waals surface area contributed by atoms with Gasteiger partial charge in [-0.15, -0.1) is 0 Å². The van der Waals surface area contributed by atoms with E-state index in [9.17, 15) is 9.50 Å². The Labute approximate surface area is 142 Å². The minimum Gasteiger partial charge on any atom is -0.494 e. The SMILES string of the molecule is COc1ccc(C(C)NCC(O)COc2ccccc2C)cc1F. The topological polar surface area (TPSA) is 50.7 Å². The van der Waals surface area contributed by atoms with E-state index in [-0.39, 0.29) is 18.4 Å². The summed E-state index contributed by atoms with van der Waals surface area (Å²) in [6, 6.07) is 12.4. The highest BCUT2D eigenvalue weighted by molar-refractivity contribution is 5.32. The van der Waals surface area contributed by atoms with Crippen molar-refractivity contribution < 1.29 is 19.0 Å². The molecular weight excluding hydrogens is 309 g/mol. The number of hydrogen-bond donors (Lipinski definition) is 2. The molecule has 0 heterocycles. The Balaban J connectivity index is 1.81. The van der Waals surface area contributed by atoms with E-state index in [4.69, 9.17) is 9.47 Å². The number of aliphatic hydroxyl groups is 1. The number of aliphatic hydroxyl groups excluding tert-OH is 1. The molecular formula is C19H24FNO3. The molecule has 0 aromatic heterocycles. The molecule has 0 saturated heterocycles. The summed E-state index contributed by atoms with van der Waals surface area (Å²) in [7, 11) is 1.44. The van der Waals surface area contributed by atoms with Gasteiger partial charge in [0.25, 0.3) is 0 Å². The molecule has 2 aromatic carbocycles. The van der Waals surface area contributed by atoms with Gasteiger partial charge in [0.2, 0.25) is 0 Å². The number of nitrogens with one attached hydrogen (secondary N) is 1. The number of methoxy groups -OCH3 is 1. The molecule has 0 radical (unpaired) electrons. The number of aryl methyl sites for hydroxylation is 1. The van der Waals surface area contributed by atoms with Crippen LogP contribution in [-0.2, 0) is 0 Å². The third-order valence-electron chi connectivity index (χ3n) is 3.86. The number of benzene rings is 2. The van der Waals surface area contributed by atoms with Gasteiger partial charge in [-0.2, -0.15) is 0 Å². The van der Waals surface area contributed by atoms with Crippen molar-refractivity contribution in [1.29, 1.82) is 0 Å². The van der Waals surface area contributed by atoms with Crippen LogP contribution in [0.5, 0.6) is 11.5 Å². The van der Waals surface area contributed by atoms with Crippen molar-refractivity contribution in [2.45, 2.75) is 26.0 Å². The fourth-order valence-corrected chi connectivity index (χ4v) is 2.35. The second-order valence-electron chi connectivity index (χ2n) is 5.75. The van der Waals surface area contributed by atoms with Gasteiger partial charge in [0, 0.05) is 12.6 Å². The predicted molar refractivity (Wildman–Crippen MR) is 92.1 cm³/mol. The van der Waals surface area contributed by atoms with Crippen molar-refractivity contribution in [1.82, 2.24) is 5.32 Å². The summed E-state index contributed by atoms with van der Waals surface area (Å²) in [5.41, 5.74) is 1.82. The molecule has 2 N–H and O–H groups in total. The van der Waals surface area contributed by atoms with E-state index in [1.807, 2.05) is 38.1 Å². The zero-order valence-electron chi connectivity index (χ0n) is 14.3. The molecule has 0 fully saturated rings. The van der Waals surface area contributed by atoms with Crippen LogP contribution in [0.2, 0.25) is 0 Å². The lowest BCUT2D eigenvalue weighted by molar-refractivity contribution is 0.104. The molecule has 4 nitrogen and oxygen atoms in total. The zero-order chi connectivity index (χ0) is 17.5. The van der Waals surface area contributed by atoms with Gasteiger partial charge in [0.15, 0.2) is 11.6 Å². The first-order valence-corrected chi connectivity index (χ1v) is 7.94. The largest absolute Gasteiger partial charge is 0.494 e. The first kappa shape index (κ1) is 18.2. The number of rotatable bonds is 8. The fourth-order valence-electron chi connectivity index (χ4n) is 2.35. The molecule has 0 amide bonds. The maximum Gasteiger partial charge on any atom is 0.165 e. The van der Waals surface area contributed by atoms with Crippen molar-refractivity contribution in [3.05, 3.63) is 59.4 Å². The highest BCUT2D eigenvalue weighted by atomic mass is 19.1. The highest BCUT2D eigenvalue weighted by Gasteiger charge is 2.12. The Morgan fingerprint density at radius 3 is 2.58 bits per heavy atom. The Morgan fingerprint density at radius 1 is 1.17 bits per heavy atom. The monoisotopic (exact) mass is 333 g/mol. The minimum absolute atomic E-state index is 0.0986. The maximum absolute atomic E-state index is 13.7. The number of ether oxygens (including phenoxy) is 2. The van der Waals surface area contributed by atoms with Gasteiger partial charge in [-0.3, -0.25) is 0 Å². The fraction of sp³-hybridized carbons (Fsp3) is 0.368. The summed E-state index contributed by atoms with van der Waals surface area (Å²) in [6.45, 7) is 4.42. The van der Waals surface area contributed by atoms with E-state index in [1.165, 1.54) is 13.2 Å². The summed E-state index contributed by atoms with van der Waals surface area (Å²) in [5, 5.41) is 13.2. The second kappa shape index (κ2) is 8.66. The molecule has 0 aliphatic carbocycles. The third kappa shape index (κ3) is 4.94. The van der Waals surface area contributed by atoms with Gasteiger partial charge >= 0.3 is 0 Å². The molecule has 0 saturated carbocycles. The lowest BCUT2D eigenvalue weighted by atomic mass is 10.1. The van der Waals surface area contributed by atoms with Gasteiger partial charge in [-0.05, 0) is 43.2 Å². The van der Waals surface area contributed by atoms with Crippen molar-refractivity contribution >= 4 is 0 Å². The number of halogens is 1. The molecule has 0 spiro atoms. The van der Waals surface area contributed by atoms with Crippen LogP contribution in [0.3, 0.4) is 0 Å². The minimum atomic E-state index is -0.657. The molecule has 24 heavy (non-hydrogen) atoms. The maximum atomic E-state index is 13.7. The first-order valence-electron chi connectivity index (χ1n) is 7.94. The average molecular weight is 333 g/mol. The summed E-state index contributed by atoms with van der Waals surface area (Å²) < 4.78 is 24.3. The normalized spacial score (nSPS) is 13.4. The zero-order valence-corrected chi connectivity index (χ0v) is 14.3. The third-order valence-corrected chi connectivity index (χ3v) is 3.86.